The summed E-state index contributed by atoms with van der Waals surface area (Å²) in [5, 5.41) is 184. The minimum Gasteiger partial charge on any atom is -0.479 e. The first-order valence-electron chi connectivity index (χ1n) is 33.7. The highest BCUT2D eigenvalue weighted by Crippen LogP contribution is 2.75. The molecule has 0 aromatic heterocycles. The van der Waals surface area contributed by atoms with E-state index in [1.807, 2.05) is 0 Å². The van der Waals surface area contributed by atoms with Crippen molar-refractivity contribution in [1.82, 2.24) is 0 Å². The molecule has 11 rings (SSSR count). The molecule has 0 aromatic carbocycles. The van der Waals surface area contributed by atoms with Gasteiger partial charge in [-0.3, -0.25) is 4.79 Å². The van der Waals surface area contributed by atoms with Crippen LogP contribution in [0.15, 0.2) is 11.6 Å². The molecular weight excluding hydrogens is 1300 g/mol. The normalized spacial score (nSPS) is 53.7. The average molecular weight is 1400 g/mol. The Hall–Kier alpha value is -3.09. The van der Waals surface area contributed by atoms with E-state index in [0.717, 1.165) is 5.57 Å². The fourth-order valence-corrected chi connectivity index (χ4v) is 18.8. The Morgan fingerprint density at radius 3 is 1.70 bits per heavy atom. The van der Waals surface area contributed by atoms with Crippen molar-refractivity contribution in [2.24, 2.45) is 44.8 Å². The van der Waals surface area contributed by atoms with Crippen LogP contribution in [0.5, 0.6) is 0 Å². The molecule has 33 nitrogen and oxygen atoms in total. The van der Waals surface area contributed by atoms with Gasteiger partial charge in [0.25, 0.3) is 0 Å². The molecule has 17 N–H and O–H groups in total. The van der Waals surface area contributed by atoms with Crippen LogP contribution >= 0.6 is 0 Å². The van der Waals surface area contributed by atoms with Crippen LogP contribution in [0.1, 0.15) is 120 Å². The maximum Gasteiger partial charge on any atom is 0.506 e. The van der Waals surface area contributed by atoms with E-state index in [-0.39, 0.29) is 24.2 Å². The SMILES string of the molecule is C[C@@H]1O[C@@H](O[C@H]2[C@H](OC(=O)[C@]34CCC(C)(C)C[C@H]3C3=CC[C@H]5[C@@]6(C)CC[C@H](O[C@@H]7O[C@H](C(=O)O)[C@@H](O)[C@H](O)[C@H]7O[C@@H]7O[C@H](CO)[C@@H](O)[C@H](O)[C@H]7O)[C@@](C)(O)[C@H]6CC[C@@]5(C)[C@]3(C)CC4)O[C@H](C)[C@@H](OC(=O)O)[C@@H]2O[C@@H]2O[C@H](CO)[C@@H](O)[C@H]2O)[C@H](O)[C@H](O)[C@H]1O[C@@H]1OC[C@@H](O)[C@H](O)[C@H]1O. The number of allylic oxidation sites excluding steroid dienone is 2. The predicted molar refractivity (Wildman–Crippen MR) is 318 cm³/mol. The summed E-state index contributed by atoms with van der Waals surface area (Å²) in [6.45, 7) is 13.2. The highest BCUT2D eigenvalue weighted by molar-refractivity contribution is 5.79. The monoisotopic (exact) mass is 1400 g/mol. The minimum atomic E-state index is -2.11. The molecule has 6 saturated heterocycles. The standard InChI is InChI=1S/C64H100O33/c1-23-44(91-51-40(75)33(68)27(67)22-85-51)39(74)43(78)52(86-23)95-49-48(94-53-41(76)35(70)29(21-66)89-53)45(96-58(82)83)24(2)87-56(49)97-57(81)64-17-15-59(3,4)19-26(64)25-9-10-30-60(5)13-12-32(63(8,84)31(60)11-14-62(30,7)61(25,6)16-18-64)90-55-47(38(73)37(72)46(92-55)50(79)80)93-54-42(77)36(71)34(69)28(20-65)88-54/h9,23-24,26-49,51-56,65-78,84H,10-22H2,1-8H3,(H,79,80)(H,82,83)/t23-,24+,26-,27+,28+,29+,30-,31-,32-,33-,34+,35+,36-,37-,38-,39-,40+,41+,42+,43+,44-,45+,46-,47+,48-,49+,51-,52-,53-,54-,55+,56-,60+,61+,62+,63-,64-/m0/s1. The van der Waals surface area contributed by atoms with Crippen LogP contribution in [0.25, 0.3) is 0 Å². The van der Waals surface area contributed by atoms with Gasteiger partial charge in [-0.15, -0.1) is 0 Å². The van der Waals surface area contributed by atoms with E-state index in [9.17, 15) is 96.4 Å². The van der Waals surface area contributed by atoms with Crippen molar-refractivity contribution in [3.63, 3.8) is 0 Å². The largest absolute Gasteiger partial charge is 0.506 e. The number of carboxylic acid groups (broad SMARTS) is 2. The lowest BCUT2D eigenvalue weighted by atomic mass is 9.34. The zero-order chi connectivity index (χ0) is 70.9. The van der Waals surface area contributed by atoms with Crippen LogP contribution in [0.2, 0.25) is 0 Å². The number of aliphatic hydroxyl groups excluding tert-OH is 14. The summed E-state index contributed by atoms with van der Waals surface area (Å²) in [5.41, 5.74) is -3.90. The van der Waals surface area contributed by atoms with Gasteiger partial charge in [-0.05, 0) is 124 Å². The molecule has 6 heterocycles. The number of aliphatic hydroxyl groups is 15. The number of ether oxygens (including phenoxy) is 13. The number of esters is 1. The van der Waals surface area contributed by atoms with Crippen molar-refractivity contribution >= 4 is 18.1 Å². The first-order chi connectivity index (χ1) is 45.4. The molecule has 97 heavy (non-hydrogen) atoms. The van der Waals surface area contributed by atoms with Gasteiger partial charge >= 0.3 is 18.1 Å². The molecule has 0 bridgehead atoms. The third-order valence-electron chi connectivity index (χ3n) is 24.6. The van der Waals surface area contributed by atoms with Gasteiger partial charge in [0.1, 0.15) is 104 Å². The molecule has 4 saturated carbocycles. The number of aliphatic carboxylic acids is 1. The lowest BCUT2D eigenvalue weighted by molar-refractivity contribution is -0.382. The summed E-state index contributed by atoms with van der Waals surface area (Å²) in [6, 6.07) is 0. The van der Waals surface area contributed by atoms with E-state index in [0.29, 0.717) is 51.4 Å². The summed E-state index contributed by atoms with van der Waals surface area (Å²) in [7, 11) is 0. The Morgan fingerprint density at radius 2 is 1.06 bits per heavy atom. The van der Waals surface area contributed by atoms with E-state index in [2.05, 4.69) is 40.7 Å². The number of hydrogen-bond donors (Lipinski definition) is 17. The van der Waals surface area contributed by atoms with Crippen LogP contribution < -0.4 is 0 Å². The Bertz CT molecular complexity index is 2830. The molecule has 0 aromatic rings. The van der Waals surface area contributed by atoms with E-state index in [1.165, 1.54) is 13.8 Å². The van der Waals surface area contributed by atoms with Crippen molar-refractivity contribution in [1.29, 1.82) is 0 Å². The van der Waals surface area contributed by atoms with Gasteiger partial charge < -0.3 is 148 Å². The lowest BCUT2D eigenvalue weighted by Crippen LogP contribution is -2.69. The number of carbonyl (C=O) groups is 3. The number of rotatable bonds is 16. The first-order valence-corrected chi connectivity index (χ1v) is 33.7. The molecule has 0 radical (unpaired) electrons. The van der Waals surface area contributed by atoms with Crippen LogP contribution in [0, 0.1) is 44.8 Å². The van der Waals surface area contributed by atoms with Crippen LogP contribution in [-0.2, 0) is 71.2 Å². The second-order valence-electron chi connectivity index (χ2n) is 30.7. The van der Waals surface area contributed by atoms with Gasteiger partial charge in [-0.1, -0.05) is 46.3 Å². The average Bonchev–Trinajstić information content (AvgIpc) is 0.826. The molecular formula is C64H100O33. The highest BCUT2D eigenvalue weighted by Gasteiger charge is 2.71. The van der Waals surface area contributed by atoms with E-state index in [1.54, 1.807) is 6.92 Å². The molecule has 0 amide bonds. The van der Waals surface area contributed by atoms with Gasteiger partial charge in [0.2, 0.25) is 6.29 Å². The number of hydrogen-bond acceptors (Lipinski definition) is 31. The van der Waals surface area contributed by atoms with Gasteiger partial charge in [-0.2, -0.15) is 0 Å². The van der Waals surface area contributed by atoms with E-state index >= 15 is 4.79 Å². The molecule has 5 aliphatic carbocycles. The van der Waals surface area contributed by atoms with Crippen molar-refractivity contribution < 1.29 is 163 Å². The molecule has 10 fully saturated rings. The maximum atomic E-state index is 16.0. The Morgan fingerprint density at radius 1 is 0.515 bits per heavy atom. The number of fused-ring (bicyclic) bond motifs is 7. The Kier molecular flexibility index (Phi) is 21.5. The van der Waals surface area contributed by atoms with Crippen molar-refractivity contribution in [2.75, 3.05) is 19.8 Å². The maximum absolute atomic E-state index is 16.0. The third-order valence-corrected chi connectivity index (χ3v) is 24.6. The zero-order valence-electron chi connectivity index (χ0n) is 55.4. The van der Waals surface area contributed by atoms with Crippen LogP contribution in [0.3, 0.4) is 0 Å². The molecule has 6 aliphatic heterocycles. The summed E-state index contributed by atoms with van der Waals surface area (Å²) in [6.07, 6.45) is -46.0. The van der Waals surface area contributed by atoms with Crippen molar-refractivity contribution in [2.45, 2.75) is 303 Å². The smallest absolute Gasteiger partial charge is 0.479 e. The number of carbonyl (C=O) groups excluding carboxylic acids is 1. The summed E-state index contributed by atoms with van der Waals surface area (Å²) >= 11 is 0. The summed E-state index contributed by atoms with van der Waals surface area (Å²) in [4.78, 5) is 40.9. The fraction of sp³-hybridized carbons (Fsp3) is 0.922. The highest BCUT2D eigenvalue weighted by atomic mass is 16.8. The van der Waals surface area contributed by atoms with Crippen LogP contribution in [-0.4, -0.2) is 308 Å². The van der Waals surface area contributed by atoms with Gasteiger partial charge in [0.05, 0.1) is 49.1 Å². The fourth-order valence-electron chi connectivity index (χ4n) is 18.8. The van der Waals surface area contributed by atoms with Gasteiger partial charge in [-0.25, -0.2) is 9.59 Å². The number of carboxylic acids is 1. The van der Waals surface area contributed by atoms with Gasteiger partial charge in [0.15, 0.2) is 49.8 Å². The topological polar surface area (TPSA) is 515 Å². The van der Waals surface area contributed by atoms with Crippen LogP contribution in [0.4, 0.5) is 4.79 Å². The Balaban J connectivity index is 0.870. The quantitative estimate of drug-likeness (QED) is 0.0404. The van der Waals surface area contributed by atoms with Crippen molar-refractivity contribution in [3.05, 3.63) is 11.6 Å². The predicted octanol–water partition coefficient (Wildman–Crippen LogP) is -3.53. The van der Waals surface area contributed by atoms with E-state index in [4.69, 9.17) is 61.6 Å². The first kappa shape index (κ1) is 75.1. The summed E-state index contributed by atoms with van der Waals surface area (Å²) in [5.74, 6) is -3.43. The molecule has 0 spiro atoms. The lowest BCUT2D eigenvalue weighted by Gasteiger charge is -2.71. The summed E-state index contributed by atoms with van der Waals surface area (Å²) < 4.78 is 77.9. The van der Waals surface area contributed by atoms with Crippen molar-refractivity contribution in [3.8, 4) is 0 Å². The molecule has 0 unspecified atom stereocenters. The molecule has 37 atom stereocenters. The zero-order valence-corrected chi connectivity index (χ0v) is 55.4. The Labute approximate surface area is 558 Å². The third kappa shape index (κ3) is 13.0. The van der Waals surface area contributed by atoms with E-state index < -0.39 is 255 Å². The molecule has 11 aliphatic rings. The molecule has 33 heteroatoms. The second-order valence-corrected chi connectivity index (χ2v) is 30.7. The second kappa shape index (κ2) is 27.8. The minimum absolute atomic E-state index is 0.101. The van der Waals surface area contributed by atoms with Gasteiger partial charge in [0, 0.05) is 0 Å². The molecule has 554 valence electrons.